The molecule has 3 nitrogen and oxygen atoms in total. The van der Waals surface area contributed by atoms with Crippen LogP contribution in [0.4, 0.5) is 0 Å². The van der Waals surface area contributed by atoms with E-state index in [2.05, 4.69) is 0 Å². The summed E-state index contributed by atoms with van der Waals surface area (Å²) < 4.78 is 0. The van der Waals surface area contributed by atoms with Gasteiger partial charge in [-0.05, 0) is 17.4 Å². The van der Waals surface area contributed by atoms with Crippen molar-refractivity contribution < 1.29 is 10.0 Å². The standard InChI is InChI=1S/C9H14BNO2/c1-2-9(11)7-3-5-8(6-4-7)10(12)13/h3-6,9,12-13H,2,11H2,1H3. The van der Waals surface area contributed by atoms with Crippen LogP contribution in [0.2, 0.25) is 0 Å². The molecule has 0 aromatic heterocycles. The van der Waals surface area contributed by atoms with Crippen LogP contribution in [-0.2, 0) is 0 Å². The fraction of sp³-hybridized carbons (Fsp3) is 0.333. The molecular weight excluding hydrogens is 165 g/mol. The van der Waals surface area contributed by atoms with Gasteiger partial charge in [-0.1, -0.05) is 31.2 Å². The molecule has 0 heterocycles. The van der Waals surface area contributed by atoms with Crippen LogP contribution in [0.15, 0.2) is 24.3 Å². The quantitative estimate of drug-likeness (QED) is 0.561. The molecule has 0 aliphatic carbocycles. The molecule has 1 rings (SSSR count). The highest BCUT2D eigenvalue weighted by Crippen LogP contribution is 2.11. The largest absolute Gasteiger partial charge is 0.488 e. The first kappa shape index (κ1) is 10.2. The molecule has 0 bridgehead atoms. The van der Waals surface area contributed by atoms with E-state index in [9.17, 15) is 0 Å². The molecule has 1 unspecified atom stereocenters. The molecule has 0 aliphatic rings. The van der Waals surface area contributed by atoms with Crippen LogP contribution in [0, 0.1) is 0 Å². The maximum Gasteiger partial charge on any atom is 0.488 e. The second-order valence-corrected chi connectivity index (χ2v) is 3.06. The Labute approximate surface area is 78.3 Å². The van der Waals surface area contributed by atoms with Gasteiger partial charge >= 0.3 is 7.12 Å². The molecule has 0 radical (unpaired) electrons. The molecule has 1 aromatic carbocycles. The lowest BCUT2D eigenvalue weighted by Gasteiger charge is -2.09. The van der Waals surface area contributed by atoms with E-state index >= 15 is 0 Å². The summed E-state index contributed by atoms with van der Waals surface area (Å²) >= 11 is 0. The van der Waals surface area contributed by atoms with Gasteiger partial charge in [0.1, 0.15) is 0 Å². The molecule has 0 saturated carbocycles. The highest BCUT2D eigenvalue weighted by atomic mass is 16.4. The molecule has 4 heteroatoms. The van der Waals surface area contributed by atoms with Gasteiger partial charge in [-0.3, -0.25) is 0 Å². The topological polar surface area (TPSA) is 66.5 Å². The molecule has 0 spiro atoms. The Morgan fingerprint density at radius 3 is 2.23 bits per heavy atom. The molecule has 70 valence electrons. The first-order chi connectivity index (χ1) is 6.15. The molecular formula is C9H14BNO2. The van der Waals surface area contributed by atoms with E-state index in [1.54, 1.807) is 12.1 Å². The second-order valence-electron chi connectivity index (χ2n) is 3.06. The Morgan fingerprint density at radius 2 is 1.85 bits per heavy atom. The van der Waals surface area contributed by atoms with Crippen molar-refractivity contribution in [1.29, 1.82) is 0 Å². The van der Waals surface area contributed by atoms with Crippen LogP contribution in [0.3, 0.4) is 0 Å². The highest BCUT2D eigenvalue weighted by Gasteiger charge is 2.10. The van der Waals surface area contributed by atoms with Gasteiger partial charge in [-0.2, -0.15) is 0 Å². The van der Waals surface area contributed by atoms with E-state index in [0.717, 1.165) is 12.0 Å². The zero-order valence-electron chi connectivity index (χ0n) is 7.64. The van der Waals surface area contributed by atoms with Gasteiger partial charge in [0.05, 0.1) is 0 Å². The number of hydrogen-bond acceptors (Lipinski definition) is 3. The van der Waals surface area contributed by atoms with Crippen LogP contribution in [0.25, 0.3) is 0 Å². The van der Waals surface area contributed by atoms with E-state index < -0.39 is 7.12 Å². The summed E-state index contributed by atoms with van der Waals surface area (Å²) in [6, 6.07) is 7.03. The van der Waals surface area contributed by atoms with Crippen LogP contribution < -0.4 is 11.2 Å². The van der Waals surface area contributed by atoms with E-state index in [4.69, 9.17) is 15.8 Å². The highest BCUT2D eigenvalue weighted by molar-refractivity contribution is 6.58. The van der Waals surface area contributed by atoms with Crippen molar-refractivity contribution in [1.82, 2.24) is 0 Å². The van der Waals surface area contributed by atoms with Gasteiger partial charge in [-0.25, -0.2) is 0 Å². The monoisotopic (exact) mass is 179 g/mol. The van der Waals surface area contributed by atoms with Crippen molar-refractivity contribution >= 4 is 12.6 Å². The first-order valence-corrected chi connectivity index (χ1v) is 4.36. The number of benzene rings is 1. The number of hydrogen-bond donors (Lipinski definition) is 3. The fourth-order valence-electron chi connectivity index (χ4n) is 1.15. The fourth-order valence-corrected chi connectivity index (χ4v) is 1.15. The third kappa shape index (κ3) is 2.55. The minimum Gasteiger partial charge on any atom is -0.423 e. The van der Waals surface area contributed by atoms with Crippen LogP contribution >= 0.6 is 0 Å². The van der Waals surface area contributed by atoms with Crippen molar-refractivity contribution in [2.45, 2.75) is 19.4 Å². The molecule has 4 N–H and O–H groups in total. The maximum absolute atomic E-state index is 8.83. The van der Waals surface area contributed by atoms with Gasteiger partial charge in [0.15, 0.2) is 0 Å². The SMILES string of the molecule is CCC(N)c1ccc(B(O)O)cc1. The first-order valence-electron chi connectivity index (χ1n) is 4.36. The van der Waals surface area contributed by atoms with Crippen LogP contribution in [-0.4, -0.2) is 17.2 Å². The van der Waals surface area contributed by atoms with Gasteiger partial charge in [0.2, 0.25) is 0 Å². The summed E-state index contributed by atoms with van der Waals surface area (Å²) in [5.41, 5.74) is 7.31. The maximum atomic E-state index is 8.83. The van der Waals surface area contributed by atoms with Gasteiger partial charge in [0, 0.05) is 6.04 Å². The summed E-state index contributed by atoms with van der Waals surface area (Å²) in [5, 5.41) is 17.7. The molecule has 1 aromatic rings. The second kappa shape index (κ2) is 4.41. The zero-order valence-corrected chi connectivity index (χ0v) is 7.64. The zero-order chi connectivity index (χ0) is 9.84. The minimum absolute atomic E-state index is 0.0323. The molecule has 0 aliphatic heterocycles. The average Bonchev–Trinajstić information content (AvgIpc) is 2.17. The van der Waals surface area contributed by atoms with E-state index in [-0.39, 0.29) is 6.04 Å². The third-order valence-corrected chi connectivity index (χ3v) is 2.10. The van der Waals surface area contributed by atoms with Crippen molar-refractivity contribution in [3.8, 4) is 0 Å². The lowest BCUT2D eigenvalue weighted by Crippen LogP contribution is -2.29. The summed E-state index contributed by atoms with van der Waals surface area (Å²) in [6.07, 6.45) is 0.876. The molecule has 0 fully saturated rings. The number of rotatable bonds is 3. The number of nitrogens with two attached hydrogens (primary N) is 1. The summed E-state index contributed by atoms with van der Waals surface area (Å²) in [5.74, 6) is 0. The van der Waals surface area contributed by atoms with E-state index in [1.165, 1.54) is 0 Å². The van der Waals surface area contributed by atoms with Crippen molar-refractivity contribution in [3.63, 3.8) is 0 Å². The smallest absolute Gasteiger partial charge is 0.423 e. The minimum atomic E-state index is -1.40. The normalized spacial score (nSPS) is 12.6. The Hall–Kier alpha value is -0.835. The molecule has 1 atom stereocenters. The average molecular weight is 179 g/mol. The van der Waals surface area contributed by atoms with E-state index in [0.29, 0.717) is 5.46 Å². The third-order valence-electron chi connectivity index (χ3n) is 2.10. The van der Waals surface area contributed by atoms with Crippen LogP contribution in [0.5, 0.6) is 0 Å². The lowest BCUT2D eigenvalue weighted by molar-refractivity contribution is 0.426. The van der Waals surface area contributed by atoms with Gasteiger partial charge in [-0.15, -0.1) is 0 Å². The lowest BCUT2D eigenvalue weighted by atomic mass is 9.80. The van der Waals surface area contributed by atoms with Crippen LogP contribution in [0.1, 0.15) is 24.9 Å². The predicted octanol–water partition coefficient (Wildman–Crippen LogP) is -0.224. The Bertz CT molecular complexity index is 261. The van der Waals surface area contributed by atoms with E-state index in [1.807, 2.05) is 19.1 Å². The Balaban J connectivity index is 2.81. The summed E-state index contributed by atoms with van der Waals surface area (Å²) in [7, 11) is -1.40. The Kier molecular flexibility index (Phi) is 3.48. The molecule has 13 heavy (non-hydrogen) atoms. The molecule has 0 saturated heterocycles. The predicted molar refractivity (Wildman–Crippen MR) is 53.5 cm³/mol. The summed E-state index contributed by atoms with van der Waals surface area (Å²) in [4.78, 5) is 0. The Morgan fingerprint density at radius 1 is 1.31 bits per heavy atom. The van der Waals surface area contributed by atoms with Crippen molar-refractivity contribution in [2.24, 2.45) is 5.73 Å². The van der Waals surface area contributed by atoms with Gasteiger partial charge in [0.25, 0.3) is 0 Å². The van der Waals surface area contributed by atoms with Crippen molar-refractivity contribution in [3.05, 3.63) is 29.8 Å². The van der Waals surface area contributed by atoms with Gasteiger partial charge < -0.3 is 15.8 Å². The molecule has 0 amide bonds. The van der Waals surface area contributed by atoms with Crippen molar-refractivity contribution in [2.75, 3.05) is 0 Å². The summed E-state index contributed by atoms with van der Waals surface area (Å²) in [6.45, 7) is 2.01.